The van der Waals surface area contributed by atoms with Crippen LogP contribution >= 0.6 is 34.3 Å². The molecule has 138 valence electrons. The number of sulfonamides is 1. The largest absolute Gasteiger partial charge is 0.345 e. The Balaban J connectivity index is 1.53. The Bertz CT molecular complexity index is 1070. The molecule has 0 atom stereocenters. The Morgan fingerprint density at radius 2 is 1.81 bits per heavy atom. The molecule has 2 aromatic heterocycles. The summed E-state index contributed by atoms with van der Waals surface area (Å²) in [5.74, 6) is 0. The van der Waals surface area contributed by atoms with Crippen LogP contribution in [0.4, 0.5) is 5.13 Å². The molecule has 1 aliphatic heterocycles. The summed E-state index contributed by atoms with van der Waals surface area (Å²) >= 11 is 8.67. The number of nitrogens with zero attached hydrogens (tertiary/aromatic N) is 3. The molecule has 0 spiro atoms. The minimum Gasteiger partial charge on any atom is -0.345 e. The van der Waals surface area contributed by atoms with Crippen LogP contribution in [0.25, 0.3) is 10.2 Å². The SMILES string of the molecule is Cc1cc(C)c2nc(N3CCN(S(=O)(=O)c4ccc(Cl)s4)CC3)sc2c1. The molecule has 3 heterocycles. The summed E-state index contributed by atoms with van der Waals surface area (Å²) in [5.41, 5.74) is 3.45. The Morgan fingerprint density at radius 3 is 2.46 bits per heavy atom. The number of thiophene rings is 1. The minimum absolute atomic E-state index is 0.307. The first kappa shape index (κ1) is 18.2. The molecule has 0 saturated carbocycles. The molecular weight excluding hydrogens is 410 g/mol. The number of hydrogen-bond donors (Lipinski definition) is 0. The van der Waals surface area contributed by atoms with E-state index in [1.807, 2.05) is 0 Å². The van der Waals surface area contributed by atoms with Crippen molar-refractivity contribution < 1.29 is 8.42 Å². The summed E-state index contributed by atoms with van der Waals surface area (Å²) in [6, 6.07) is 7.50. The number of piperazine rings is 1. The van der Waals surface area contributed by atoms with Crippen molar-refractivity contribution in [3.63, 3.8) is 0 Å². The number of anilines is 1. The fraction of sp³-hybridized carbons (Fsp3) is 0.353. The van der Waals surface area contributed by atoms with E-state index >= 15 is 0 Å². The van der Waals surface area contributed by atoms with Gasteiger partial charge in [-0.15, -0.1) is 11.3 Å². The van der Waals surface area contributed by atoms with Gasteiger partial charge in [0.2, 0.25) is 0 Å². The van der Waals surface area contributed by atoms with E-state index in [9.17, 15) is 8.42 Å². The first-order valence-corrected chi connectivity index (χ1v) is 11.7. The second-order valence-electron chi connectivity index (χ2n) is 6.37. The standard InChI is InChI=1S/C17H18ClN3O2S3/c1-11-9-12(2)16-13(10-11)24-17(19-16)20-5-7-21(8-6-20)26(22,23)15-4-3-14(18)25-15/h3-4,9-10H,5-8H2,1-2H3. The van der Waals surface area contributed by atoms with E-state index in [2.05, 4.69) is 30.9 Å². The molecule has 0 N–H and O–H groups in total. The Morgan fingerprint density at radius 1 is 1.08 bits per heavy atom. The highest BCUT2D eigenvalue weighted by molar-refractivity contribution is 7.91. The molecule has 1 saturated heterocycles. The lowest BCUT2D eigenvalue weighted by molar-refractivity contribution is 0.386. The molecule has 26 heavy (non-hydrogen) atoms. The van der Waals surface area contributed by atoms with E-state index < -0.39 is 10.0 Å². The number of hydrogen-bond acceptors (Lipinski definition) is 6. The lowest BCUT2D eigenvalue weighted by atomic mass is 10.1. The summed E-state index contributed by atoms with van der Waals surface area (Å²) in [6.45, 7) is 6.34. The smallest absolute Gasteiger partial charge is 0.252 e. The lowest BCUT2D eigenvalue weighted by Crippen LogP contribution is -2.48. The van der Waals surface area contributed by atoms with Crippen molar-refractivity contribution in [1.29, 1.82) is 0 Å². The molecule has 3 aromatic rings. The number of fused-ring (bicyclic) bond motifs is 1. The van der Waals surface area contributed by atoms with E-state index in [0.29, 0.717) is 34.7 Å². The second-order valence-corrected chi connectivity index (χ2v) is 11.3. The minimum atomic E-state index is -3.46. The molecule has 0 radical (unpaired) electrons. The van der Waals surface area contributed by atoms with Gasteiger partial charge in [0, 0.05) is 26.2 Å². The van der Waals surface area contributed by atoms with Crippen molar-refractivity contribution in [3.8, 4) is 0 Å². The van der Waals surface area contributed by atoms with Crippen molar-refractivity contribution in [2.24, 2.45) is 0 Å². The number of aromatic nitrogens is 1. The van der Waals surface area contributed by atoms with Crippen molar-refractivity contribution in [3.05, 3.63) is 39.7 Å². The molecular formula is C17H18ClN3O2S3. The zero-order valence-corrected chi connectivity index (χ0v) is 17.6. The van der Waals surface area contributed by atoms with Gasteiger partial charge in [-0.05, 0) is 43.2 Å². The fourth-order valence-corrected chi connectivity index (χ4v) is 7.43. The van der Waals surface area contributed by atoms with Gasteiger partial charge in [0.1, 0.15) is 4.21 Å². The number of benzene rings is 1. The predicted octanol–water partition coefficient (Wildman–Crippen LogP) is 4.14. The molecule has 0 amide bonds. The summed E-state index contributed by atoms with van der Waals surface area (Å²) in [6.07, 6.45) is 0. The van der Waals surface area contributed by atoms with E-state index in [-0.39, 0.29) is 0 Å². The van der Waals surface area contributed by atoms with Crippen molar-refractivity contribution in [1.82, 2.24) is 9.29 Å². The van der Waals surface area contributed by atoms with E-state index in [1.54, 1.807) is 23.5 Å². The fourth-order valence-electron chi connectivity index (χ4n) is 3.18. The molecule has 5 nitrogen and oxygen atoms in total. The quantitative estimate of drug-likeness (QED) is 0.630. The maximum atomic E-state index is 12.7. The number of thiazole rings is 1. The summed E-state index contributed by atoms with van der Waals surface area (Å²) in [4.78, 5) is 6.96. The van der Waals surface area contributed by atoms with Crippen LogP contribution < -0.4 is 4.90 Å². The van der Waals surface area contributed by atoms with Gasteiger partial charge in [0.15, 0.2) is 5.13 Å². The number of aryl methyl sites for hydroxylation is 2. The van der Waals surface area contributed by atoms with Gasteiger partial charge < -0.3 is 4.90 Å². The van der Waals surface area contributed by atoms with Gasteiger partial charge in [0.25, 0.3) is 10.0 Å². The summed E-state index contributed by atoms with van der Waals surface area (Å²) in [7, 11) is -3.46. The van der Waals surface area contributed by atoms with E-state index in [0.717, 1.165) is 22.0 Å². The number of rotatable bonds is 3. The maximum Gasteiger partial charge on any atom is 0.252 e. The monoisotopic (exact) mass is 427 g/mol. The predicted molar refractivity (Wildman–Crippen MR) is 109 cm³/mol. The third-order valence-corrected chi connectivity index (χ3v) is 9.13. The highest BCUT2D eigenvalue weighted by Crippen LogP contribution is 2.33. The van der Waals surface area contributed by atoms with Crippen LogP contribution in [0.5, 0.6) is 0 Å². The van der Waals surface area contributed by atoms with Gasteiger partial charge in [-0.2, -0.15) is 4.31 Å². The molecule has 0 unspecified atom stereocenters. The first-order valence-electron chi connectivity index (χ1n) is 8.23. The molecule has 4 rings (SSSR count). The third kappa shape index (κ3) is 3.25. The summed E-state index contributed by atoms with van der Waals surface area (Å²) < 4.78 is 28.9. The van der Waals surface area contributed by atoms with E-state index in [1.165, 1.54) is 20.1 Å². The number of halogens is 1. The molecule has 9 heteroatoms. The second kappa shape index (κ2) is 6.76. The van der Waals surface area contributed by atoms with Gasteiger partial charge in [0.05, 0.1) is 14.6 Å². The topological polar surface area (TPSA) is 53.5 Å². The molecule has 1 aliphatic rings. The van der Waals surface area contributed by atoms with Gasteiger partial charge in [-0.25, -0.2) is 13.4 Å². The molecule has 1 fully saturated rings. The maximum absolute atomic E-state index is 12.7. The zero-order chi connectivity index (χ0) is 18.5. The molecule has 0 aliphatic carbocycles. The Hall–Kier alpha value is -1.19. The van der Waals surface area contributed by atoms with Gasteiger partial charge >= 0.3 is 0 Å². The molecule has 1 aromatic carbocycles. The highest BCUT2D eigenvalue weighted by Gasteiger charge is 2.30. The normalized spacial score (nSPS) is 16.5. The van der Waals surface area contributed by atoms with Crippen LogP contribution in [-0.2, 0) is 10.0 Å². The van der Waals surface area contributed by atoms with Crippen LogP contribution in [0.3, 0.4) is 0 Å². The van der Waals surface area contributed by atoms with Crippen LogP contribution in [0.15, 0.2) is 28.5 Å². The Kier molecular flexibility index (Phi) is 4.73. The van der Waals surface area contributed by atoms with Gasteiger partial charge in [-0.3, -0.25) is 0 Å². The van der Waals surface area contributed by atoms with Crippen LogP contribution in [0, 0.1) is 13.8 Å². The average Bonchev–Trinajstić information content (AvgIpc) is 3.22. The van der Waals surface area contributed by atoms with Gasteiger partial charge in [-0.1, -0.05) is 29.0 Å². The highest BCUT2D eigenvalue weighted by atomic mass is 35.5. The first-order chi connectivity index (χ1) is 12.3. The van der Waals surface area contributed by atoms with Crippen LogP contribution in [-0.4, -0.2) is 43.9 Å². The van der Waals surface area contributed by atoms with E-state index in [4.69, 9.17) is 16.6 Å². The molecule has 0 bridgehead atoms. The van der Waals surface area contributed by atoms with Crippen LogP contribution in [0.2, 0.25) is 4.34 Å². The van der Waals surface area contributed by atoms with Crippen molar-refractivity contribution in [2.75, 3.05) is 31.1 Å². The third-order valence-electron chi connectivity index (χ3n) is 4.47. The zero-order valence-electron chi connectivity index (χ0n) is 14.4. The Labute approximate surface area is 165 Å². The van der Waals surface area contributed by atoms with Crippen LogP contribution in [0.1, 0.15) is 11.1 Å². The van der Waals surface area contributed by atoms with Crippen molar-refractivity contribution in [2.45, 2.75) is 18.1 Å². The van der Waals surface area contributed by atoms with Crippen molar-refractivity contribution >= 4 is 59.6 Å². The lowest BCUT2D eigenvalue weighted by Gasteiger charge is -2.33. The average molecular weight is 428 g/mol. The summed E-state index contributed by atoms with van der Waals surface area (Å²) in [5, 5.41) is 0.963.